The summed E-state index contributed by atoms with van der Waals surface area (Å²) in [5, 5.41) is 0. The summed E-state index contributed by atoms with van der Waals surface area (Å²) >= 11 is 0. The van der Waals surface area contributed by atoms with Gasteiger partial charge in [0.05, 0.1) is 13.2 Å². The molecule has 0 radical (unpaired) electrons. The monoisotopic (exact) mass is 257 g/mol. The molecule has 0 N–H and O–H groups in total. The average molecular weight is 257 g/mol. The Balaban J connectivity index is 1.94. The molecule has 0 aliphatic carbocycles. The van der Waals surface area contributed by atoms with Crippen LogP contribution in [0.1, 0.15) is 27.2 Å². The Morgan fingerprint density at radius 3 is 2.50 bits per heavy atom. The molecule has 2 saturated heterocycles. The van der Waals surface area contributed by atoms with Gasteiger partial charge < -0.3 is 14.2 Å². The van der Waals surface area contributed by atoms with Gasteiger partial charge in [0.1, 0.15) is 5.60 Å². The molecule has 2 rings (SSSR count). The Hall–Kier alpha value is -1.14. The normalized spacial score (nSPS) is 25.8. The van der Waals surface area contributed by atoms with Crippen molar-refractivity contribution in [2.45, 2.75) is 39.1 Å². The smallest absolute Gasteiger partial charge is 0.417 e. The lowest BCUT2D eigenvalue weighted by atomic mass is 10.1. The SMILES string of the molecule is CC(C)(C)OC(=O)N1CC(C2OCCO2)CC1=O. The third-order valence-electron chi connectivity index (χ3n) is 2.80. The van der Waals surface area contributed by atoms with Gasteiger partial charge in [0.2, 0.25) is 5.91 Å². The molecule has 0 saturated carbocycles. The molecule has 6 nitrogen and oxygen atoms in total. The van der Waals surface area contributed by atoms with Gasteiger partial charge in [0.15, 0.2) is 6.29 Å². The summed E-state index contributed by atoms with van der Waals surface area (Å²) in [5.41, 5.74) is -0.601. The number of imide groups is 1. The Morgan fingerprint density at radius 1 is 1.33 bits per heavy atom. The van der Waals surface area contributed by atoms with Gasteiger partial charge in [0.25, 0.3) is 0 Å². The van der Waals surface area contributed by atoms with Crippen LogP contribution in [0.25, 0.3) is 0 Å². The molecule has 1 atom stereocenters. The van der Waals surface area contributed by atoms with Crippen molar-refractivity contribution in [3.63, 3.8) is 0 Å². The second-order valence-electron chi connectivity index (χ2n) is 5.56. The Kier molecular flexibility index (Phi) is 3.59. The molecule has 2 aliphatic heterocycles. The first-order valence-electron chi connectivity index (χ1n) is 6.13. The number of rotatable bonds is 1. The molecule has 2 heterocycles. The van der Waals surface area contributed by atoms with Crippen molar-refractivity contribution < 1.29 is 23.8 Å². The summed E-state index contributed by atoms with van der Waals surface area (Å²) in [4.78, 5) is 24.8. The molecular formula is C12H19NO5. The van der Waals surface area contributed by atoms with E-state index in [4.69, 9.17) is 14.2 Å². The molecule has 102 valence electrons. The van der Waals surface area contributed by atoms with Crippen molar-refractivity contribution in [2.24, 2.45) is 5.92 Å². The second kappa shape index (κ2) is 4.85. The van der Waals surface area contributed by atoms with Crippen molar-refractivity contribution in [3.05, 3.63) is 0 Å². The molecule has 2 aliphatic rings. The standard InChI is InChI=1S/C12H19NO5/c1-12(2,3)18-11(15)13-7-8(6-9(13)14)10-16-4-5-17-10/h8,10H,4-7H2,1-3H3. The van der Waals surface area contributed by atoms with Crippen LogP contribution in [-0.2, 0) is 19.0 Å². The van der Waals surface area contributed by atoms with Gasteiger partial charge in [-0.05, 0) is 20.8 Å². The highest BCUT2D eigenvalue weighted by atomic mass is 16.7. The first-order chi connectivity index (χ1) is 8.37. The van der Waals surface area contributed by atoms with E-state index in [1.807, 2.05) is 0 Å². The minimum absolute atomic E-state index is 0.0903. The van der Waals surface area contributed by atoms with Gasteiger partial charge in [-0.15, -0.1) is 0 Å². The lowest BCUT2D eigenvalue weighted by molar-refractivity contribution is -0.127. The van der Waals surface area contributed by atoms with Crippen LogP contribution >= 0.6 is 0 Å². The van der Waals surface area contributed by atoms with E-state index in [2.05, 4.69) is 0 Å². The predicted octanol–water partition coefficient (Wildman–Crippen LogP) is 1.14. The van der Waals surface area contributed by atoms with Crippen molar-refractivity contribution in [2.75, 3.05) is 19.8 Å². The fraction of sp³-hybridized carbons (Fsp3) is 0.833. The number of likely N-dealkylation sites (tertiary alicyclic amines) is 1. The number of carbonyl (C=O) groups is 2. The van der Waals surface area contributed by atoms with Crippen LogP contribution in [0.4, 0.5) is 4.79 Å². The summed E-state index contributed by atoms with van der Waals surface area (Å²) in [6.07, 6.45) is -0.696. The molecule has 0 spiro atoms. The summed E-state index contributed by atoms with van der Waals surface area (Å²) in [7, 11) is 0. The zero-order valence-electron chi connectivity index (χ0n) is 11.0. The molecule has 2 amide bonds. The lowest BCUT2D eigenvalue weighted by Crippen LogP contribution is -2.38. The minimum atomic E-state index is -0.601. The molecular weight excluding hydrogens is 238 g/mol. The fourth-order valence-electron chi connectivity index (χ4n) is 2.06. The average Bonchev–Trinajstić information content (AvgIpc) is 2.82. The van der Waals surface area contributed by atoms with E-state index in [1.165, 1.54) is 0 Å². The van der Waals surface area contributed by atoms with Crippen LogP contribution in [0.3, 0.4) is 0 Å². The van der Waals surface area contributed by atoms with Gasteiger partial charge in [0, 0.05) is 18.9 Å². The number of hydrogen-bond donors (Lipinski definition) is 0. The maximum absolute atomic E-state index is 11.8. The maximum atomic E-state index is 11.8. The van der Waals surface area contributed by atoms with E-state index in [0.29, 0.717) is 19.8 Å². The molecule has 0 aromatic rings. The van der Waals surface area contributed by atoms with Gasteiger partial charge in [-0.25, -0.2) is 9.69 Å². The van der Waals surface area contributed by atoms with Crippen LogP contribution in [0.2, 0.25) is 0 Å². The summed E-state index contributed by atoms with van der Waals surface area (Å²) in [6.45, 7) is 6.70. The molecule has 1 unspecified atom stereocenters. The van der Waals surface area contributed by atoms with Gasteiger partial charge in [-0.1, -0.05) is 0 Å². The number of carbonyl (C=O) groups excluding carboxylic acids is 2. The van der Waals surface area contributed by atoms with E-state index < -0.39 is 11.7 Å². The summed E-state index contributed by atoms with van der Waals surface area (Å²) in [5.74, 6) is -0.319. The van der Waals surface area contributed by atoms with Crippen molar-refractivity contribution in [1.29, 1.82) is 0 Å². The van der Waals surface area contributed by atoms with Crippen molar-refractivity contribution in [3.8, 4) is 0 Å². The molecule has 18 heavy (non-hydrogen) atoms. The lowest BCUT2D eigenvalue weighted by Gasteiger charge is -2.23. The van der Waals surface area contributed by atoms with E-state index in [-0.39, 0.29) is 24.5 Å². The fourth-order valence-corrected chi connectivity index (χ4v) is 2.06. The predicted molar refractivity (Wildman–Crippen MR) is 61.7 cm³/mol. The first-order valence-corrected chi connectivity index (χ1v) is 6.13. The largest absolute Gasteiger partial charge is 0.443 e. The maximum Gasteiger partial charge on any atom is 0.417 e. The van der Waals surface area contributed by atoms with E-state index in [9.17, 15) is 9.59 Å². The van der Waals surface area contributed by atoms with Crippen LogP contribution in [0.5, 0.6) is 0 Å². The molecule has 0 aromatic heterocycles. The third kappa shape index (κ3) is 3.00. The van der Waals surface area contributed by atoms with Crippen LogP contribution < -0.4 is 0 Å². The minimum Gasteiger partial charge on any atom is -0.443 e. The number of amides is 2. The van der Waals surface area contributed by atoms with Gasteiger partial charge in [-0.3, -0.25) is 4.79 Å². The molecule has 0 aromatic carbocycles. The van der Waals surface area contributed by atoms with Crippen molar-refractivity contribution >= 4 is 12.0 Å². The molecule has 0 bridgehead atoms. The van der Waals surface area contributed by atoms with E-state index in [1.54, 1.807) is 20.8 Å². The van der Waals surface area contributed by atoms with Crippen LogP contribution in [0, 0.1) is 5.92 Å². The Morgan fingerprint density at radius 2 is 1.94 bits per heavy atom. The highest BCUT2D eigenvalue weighted by Crippen LogP contribution is 2.27. The third-order valence-corrected chi connectivity index (χ3v) is 2.80. The zero-order valence-corrected chi connectivity index (χ0v) is 11.0. The number of ether oxygens (including phenoxy) is 3. The van der Waals surface area contributed by atoms with Crippen molar-refractivity contribution in [1.82, 2.24) is 4.90 Å². The Labute approximate surface area is 106 Å². The van der Waals surface area contributed by atoms with Crippen LogP contribution in [-0.4, -0.2) is 48.5 Å². The highest BCUT2D eigenvalue weighted by molar-refractivity contribution is 5.93. The van der Waals surface area contributed by atoms with E-state index >= 15 is 0 Å². The van der Waals surface area contributed by atoms with E-state index in [0.717, 1.165) is 4.90 Å². The summed E-state index contributed by atoms with van der Waals surface area (Å²) in [6, 6.07) is 0. The van der Waals surface area contributed by atoms with Gasteiger partial charge >= 0.3 is 6.09 Å². The second-order valence-corrected chi connectivity index (χ2v) is 5.56. The molecule has 6 heteroatoms. The molecule has 2 fully saturated rings. The number of nitrogens with zero attached hydrogens (tertiary/aromatic N) is 1. The Bertz CT molecular complexity index is 343. The zero-order chi connectivity index (χ0) is 13.3. The topological polar surface area (TPSA) is 65.1 Å². The quantitative estimate of drug-likeness (QED) is 0.705. The summed E-state index contributed by atoms with van der Waals surface area (Å²) < 4.78 is 15.9. The first kappa shape index (κ1) is 13.3. The van der Waals surface area contributed by atoms with Gasteiger partial charge in [-0.2, -0.15) is 0 Å². The number of hydrogen-bond acceptors (Lipinski definition) is 5. The van der Waals surface area contributed by atoms with Crippen LogP contribution in [0.15, 0.2) is 0 Å². The highest BCUT2D eigenvalue weighted by Gasteiger charge is 2.41.